The van der Waals surface area contributed by atoms with Gasteiger partial charge >= 0.3 is 0 Å². The molecular formula is C10H19NO2. The number of carbonyl (C=O) groups is 1. The highest BCUT2D eigenvalue weighted by Gasteiger charge is 2.14. The summed E-state index contributed by atoms with van der Waals surface area (Å²) < 4.78 is 0. The highest BCUT2D eigenvalue weighted by atomic mass is 16.3. The van der Waals surface area contributed by atoms with Gasteiger partial charge in [-0.3, -0.25) is 4.79 Å². The molecule has 0 unspecified atom stereocenters. The Hall–Kier alpha value is -0.570. The second-order valence-corrected chi connectivity index (χ2v) is 3.62. The molecule has 0 aromatic carbocycles. The summed E-state index contributed by atoms with van der Waals surface area (Å²) in [5.41, 5.74) is 0. The summed E-state index contributed by atoms with van der Waals surface area (Å²) in [6.45, 7) is 1.80. The Bertz CT molecular complexity index is 157. The van der Waals surface area contributed by atoms with Crippen molar-refractivity contribution in [2.24, 2.45) is 0 Å². The van der Waals surface area contributed by atoms with Crippen molar-refractivity contribution in [1.82, 2.24) is 4.90 Å². The number of amides is 1. The highest BCUT2D eigenvalue weighted by molar-refractivity contribution is 5.76. The number of hydrogen-bond acceptors (Lipinski definition) is 2. The summed E-state index contributed by atoms with van der Waals surface area (Å²) in [5.74, 6) is 0.271. The fourth-order valence-corrected chi connectivity index (χ4v) is 1.71. The third kappa shape index (κ3) is 3.77. The number of rotatable bonds is 3. The molecule has 0 aromatic rings. The van der Waals surface area contributed by atoms with Crippen molar-refractivity contribution in [3.05, 3.63) is 0 Å². The van der Waals surface area contributed by atoms with Crippen molar-refractivity contribution >= 4 is 5.91 Å². The van der Waals surface area contributed by atoms with Crippen molar-refractivity contribution in [3.63, 3.8) is 0 Å². The van der Waals surface area contributed by atoms with E-state index in [2.05, 4.69) is 0 Å². The Morgan fingerprint density at radius 3 is 2.77 bits per heavy atom. The summed E-state index contributed by atoms with van der Waals surface area (Å²) in [7, 11) is 0. The molecule has 76 valence electrons. The largest absolute Gasteiger partial charge is 0.396 e. The lowest BCUT2D eigenvalue weighted by Crippen LogP contribution is -2.34. The molecule has 0 spiro atoms. The molecule has 0 aliphatic carbocycles. The molecule has 0 saturated carbocycles. The molecule has 1 heterocycles. The minimum absolute atomic E-state index is 0.184. The van der Waals surface area contributed by atoms with Gasteiger partial charge in [0.15, 0.2) is 0 Å². The third-order valence-corrected chi connectivity index (χ3v) is 2.51. The minimum Gasteiger partial charge on any atom is -0.396 e. The molecule has 1 fully saturated rings. The molecule has 1 rings (SSSR count). The van der Waals surface area contributed by atoms with E-state index in [0.717, 1.165) is 25.9 Å². The van der Waals surface area contributed by atoms with Gasteiger partial charge in [0.1, 0.15) is 0 Å². The van der Waals surface area contributed by atoms with Crippen LogP contribution in [0.4, 0.5) is 0 Å². The zero-order valence-corrected chi connectivity index (χ0v) is 8.17. The van der Waals surface area contributed by atoms with Crippen molar-refractivity contribution in [3.8, 4) is 0 Å². The molecule has 1 amide bonds. The number of likely N-dealkylation sites (tertiary alicyclic amines) is 1. The van der Waals surface area contributed by atoms with Crippen LogP contribution >= 0.6 is 0 Å². The average Bonchev–Trinajstić information content (AvgIpc) is 2.11. The lowest BCUT2D eigenvalue weighted by atomic mass is 10.1. The summed E-state index contributed by atoms with van der Waals surface area (Å²) in [5, 5.41) is 8.67. The molecule has 3 nitrogen and oxygen atoms in total. The van der Waals surface area contributed by atoms with Crippen molar-refractivity contribution in [1.29, 1.82) is 0 Å². The summed E-state index contributed by atoms with van der Waals surface area (Å²) in [6, 6.07) is 0. The molecule has 3 heteroatoms. The van der Waals surface area contributed by atoms with Crippen LogP contribution in [0.15, 0.2) is 0 Å². The monoisotopic (exact) mass is 185 g/mol. The Kier molecular flexibility index (Phi) is 4.83. The zero-order chi connectivity index (χ0) is 9.52. The molecule has 0 atom stereocenters. The van der Waals surface area contributed by atoms with E-state index >= 15 is 0 Å². The number of nitrogens with zero attached hydrogens (tertiary/aromatic N) is 1. The van der Waals surface area contributed by atoms with E-state index in [9.17, 15) is 4.79 Å². The second kappa shape index (κ2) is 5.97. The first-order valence-corrected chi connectivity index (χ1v) is 5.23. The van der Waals surface area contributed by atoms with Crippen LogP contribution in [0.1, 0.15) is 38.5 Å². The van der Waals surface area contributed by atoms with E-state index in [1.54, 1.807) is 0 Å². The minimum atomic E-state index is 0.184. The molecule has 13 heavy (non-hydrogen) atoms. The first kappa shape index (κ1) is 10.5. The molecule has 0 radical (unpaired) electrons. The Labute approximate surface area is 79.7 Å². The van der Waals surface area contributed by atoms with Crippen molar-refractivity contribution in [2.75, 3.05) is 19.7 Å². The maximum atomic E-state index is 11.5. The zero-order valence-electron chi connectivity index (χ0n) is 8.17. The number of aliphatic hydroxyl groups excluding tert-OH is 1. The van der Waals surface area contributed by atoms with Crippen LogP contribution in [0.2, 0.25) is 0 Å². The van der Waals surface area contributed by atoms with Crippen LogP contribution in [0.5, 0.6) is 0 Å². The predicted octanol–water partition coefficient (Wildman–Crippen LogP) is 1.16. The van der Waals surface area contributed by atoms with E-state index in [4.69, 9.17) is 5.11 Å². The molecular weight excluding hydrogens is 166 g/mol. The van der Waals surface area contributed by atoms with Crippen LogP contribution in [0.25, 0.3) is 0 Å². The van der Waals surface area contributed by atoms with Gasteiger partial charge in [-0.05, 0) is 19.3 Å². The Morgan fingerprint density at radius 1 is 1.23 bits per heavy atom. The third-order valence-electron chi connectivity index (χ3n) is 2.51. The van der Waals surface area contributed by atoms with Crippen molar-refractivity contribution in [2.45, 2.75) is 38.5 Å². The smallest absolute Gasteiger partial charge is 0.222 e. The van der Waals surface area contributed by atoms with Gasteiger partial charge in [-0.2, -0.15) is 0 Å². The predicted molar refractivity (Wildman–Crippen MR) is 51.4 cm³/mol. The summed E-state index contributed by atoms with van der Waals surface area (Å²) in [4.78, 5) is 13.4. The van der Waals surface area contributed by atoms with Crippen LogP contribution < -0.4 is 0 Å². The molecule has 1 aliphatic heterocycles. The van der Waals surface area contributed by atoms with E-state index in [0.29, 0.717) is 12.8 Å². The van der Waals surface area contributed by atoms with Gasteiger partial charge in [-0.15, -0.1) is 0 Å². The van der Waals surface area contributed by atoms with Gasteiger partial charge in [-0.25, -0.2) is 0 Å². The molecule has 1 saturated heterocycles. The lowest BCUT2D eigenvalue weighted by Gasteiger charge is -2.24. The van der Waals surface area contributed by atoms with E-state index in [1.807, 2.05) is 4.90 Å². The maximum Gasteiger partial charge on any atom is 0.222 e. The molecule has 1 aliphatic rings. The van der Waals surface area contributed by atoms with Crippen LogP contribution in [-0.4, -0.2) is 35.6 Å². The van der Waals surface area contributed by atoms with E-state index in [-0.39, 0.29) is 12.5 Å². The van der Waals surface area contributed by atoms with Gasteiger partial charge in [0.05, 0.1) is 0 Å². The van der Waals surface area contributed by atoms with Crippen LogP contribution in [0.3, 0.4) is 0 Å². The summed E-state index contributed by atoms with van der Waals surface area (Å²) >= 11 is 0. The second-order valence-electron chi connectivity index (χ2n) is 3.62. The first-order valence-electron chi connectivity index (χ1n) is 5.23. The van der Waals surface area contributed by atoms with Crippen LogP contribution in [0, 0.1) is 0 Å². The number of carbonyl (C=O) groups excluding carboxylic acids is 1. The van der Waals surface area contributed by atoms with E-state index in [1.165, 1.54) is 12.8 Å². The number of aliphatic hydroxyl groups is 1. The standard InChI is InChI=1S/C10H19NO2/c12-9-5-8-11-7-4-2-1-3-6-10(11)13/h12H,1-9H2. The van der Waals surface area contributed by atoms with Crippen LogP contribution in [-0.2, 0) is 4.79 Å². The SMILES string of the molecule is O=C1CCCCCCN1CCCO. The maximum absolute atomic E-state index is 11.5. The number of hydrogen-bond donors (Lipinski definition) is 1. The topological polar surface area (TPSA) is 40.5 Å². The molecule has 1 N–H and O–H groups in total. The lowest BCUT2D eigenvalue weighted by molar-refractivity contribution is -0.132. The quantitative estimate of drug-likeness (QED) is 0.716. The van der Waals surface area contributed by atoms with Gasteiger partial charge in [-0.1, -0.05) is 12.8 Å². The van der Waals surface area contributed by atoms with Gasteiger partial charge in [0.25, 0.3) is 0 Å². The molecule has 0 aromatic heterocycles. The van der Waals surface area contributed by atoms with E-state index < -0.39 is 0 Å². The van der Waals surface area contributed by atoms with Gasteiger partial charge < -0.3 is 10.0 Å². The van der Waals surface area contributed by atoms with Gasteiger partial charge in [0.2, 0.25) is 5.91 Å². The average molecular weight is 185 g/mol. The first-order chi connectivity index (χ1) is 6.34. The molecule has 0 bridgehead atoms. The fourth-order valence-electron chi connectivity index (χ4n) is 1.71. The Balaban J connectivity index is 2.32. The Morgan fingerprint density at radius 2 is 2.00 bits per heavy atom. The fraction of sp³-hybridized carbons (Fsp3) is 0.900. The van der Waals surface area contributed by atoms with Crippen molar-refractivity contribution < 1.29 is 9.90 Å². The summed E-state index contributed by atoms with van der Waals surface area (Å²) in [6.07, 6.45) is 6.01. The normalized spacial score (nSPS) is 19.8. The van der Waals surface area contributed by atoms with Gasteiger partial charge in [0, 0.05) is 26.1 Å². The highest BCUT2D eigenvalue weighted by Crippen LogP contribution is 2.11.